The Labute approximate surface area is 176 Å². The predicted molar refractivity (Wildman–Crippen MR) is 112 cm³/mol. The van der Waals surface area contributed by atoms with Gasteiger partial charge in [0.15, 0.2) is 6.29 Å². The maximum atomic E-state index is 12.2. The van der Waals surface area contributed by atoms with Crippen molar-refractivity contribution in [1.29, 1.82) is 0 Å². The molecule has 9 heteroatoms. The third-order valence-corrected chi connectivity index (χ3v) is 4.42. The van der Waals surface area contributed by atoms with Gasteiger partial charge in [0.2, 0.25) is 0 Å². The summed E-state index contributed by atoms with van der Waals surface area (Å²) < 4.78 is 19.0. The van der Waals surface area contributed by atoms with Crippen LogP contribution in [-0.2, 0) is 19.7 Å². The van der Waals surface area contributed by atoms with E-state index in [9.17, 15) is 4.79 Å². The molecule has 8 nitrogen and oxygen atoms in total. The van der Waals surface area contributed by atoms with Gasteiger partial charge < -0.3 is 24.1 Å². The van der Waals surface area contributed by atoms with E-state index in [1.807, 2.05) is 59.1 Å². The topological polar surface area (TPSA) is 87.5 Å². The number of ether oxygens (including phenoxy) is 3. The summed E-state index contributed by atoms with van der Waals surface area (Å²) in [6.07, 6.45) is 0.331. The van der Waals surface area contributed by atoms with E-state index in [1.165, 1.54) is 6.33 Å². The number of rotatable bonds is 8. The van der Waals surface area contributed by atoms with Gasteiger partial charge in [-0.05, 0) is 54.5 Å². The summed E-state index contributed by atoms with van der Waals surface area (Å²) in [6, 6.07) is 1.88. The van der Waals surface area contributed by atoms with Crippen molar-refractivity contribution in [1.82, 2.24) is 19.9 Å². The SMILES string of the molecule is CCOC(OCC)c1cc2c(Cl)ncnc2n1C(C)(C)CNC(=O)OC(C)(C)C. The molecule has 0 spiro atoms. The lowest BCUT2D eigenvalue weighted by atomic mass is 10.0. The Morgan fingerprint density at radius 1 is 1.17 bits per heavy atom. The van der Waals surface area contributed by atoms with Crippen molar-refractivity contribution < 1.29 is 19.0 Å². The van der Waals surface area contributed by atoms with E-state index in [-0.39, 0.29) is 0 Å². The lowest BCUT2D eigenvalue weighted by Gasteiger charge is -2.32. The lowest BCUT2D eigenvalue weighted by Crippen LogP contribution is -2.43. The number of hydrogen-bond acceptors (Lipinski definition) is 6. The smallest absolute Gasteiger partial charge is 0.407 e. The number of amides is 1. The molecule has 0 radical (unpaired) electrons. The maximum absolute atomic E-state index is 12.2. The first-order valence-electron chi connectivity index (χ1n) is 9.72. The van der Waals surface area contributed by atoms with Crippen LogP contribution in [0.4, 0.5) is 4.79 Å². The summed E-state index contributed by atoms with van der Waals surface area (Å²) >= 11 is 6.32. The minimum atomic E-state index is -0.601. The first-order chi connectivity index (χ1) is 13.5. The van der Waals surface area contributed by atoms with Crippen molar-refractivity contribution in [3.63, 3.8) is 0 Å². The minimum absolute atomic E-state index is 0.297. The number of carbonyl (C=O) groups excluding carboxylic acids is 1. The average molecular weight is 427 g/mol. The average Bonchev–Trinajstić information content (AvgIpc) is 3.00. The quantitative estimate of drug-likeness (QED) is 0.496. The van der Waals surface area contributed by atoms with E-state index in [2.05, 4.69) is 15.3 Å². The molecule has 162 valence electrons. The molecular weight excluding hydrogens is 396 g/mol. The number of carbonyl (C=O) groups is 1. The second-order valence-electron chi connectivity index (χ2n) is 8.22. The first kappa shape index (κ1) is 23.4. The standard InChI is InChI=1S/C20H31ClN4O4/c1-8-27-17(28-9-2)14-10-13-15(21)23-12-24-16(13)25(14)20(6,7)11-22-18(26)29-19(3,4)5/h10,12,17H,8-9,11H2,1-7H3,(H,22,26). The van der Waals surface area contributed by atoms with Crippen LogP contribution in [-0.4, -0.2) is 46.0 Å². The van der Waals surface area contributed by atoms with Crippen molar-refractivity contribution >= 4 is 28.7 Å². The van der Waals surface area contributed by atoms with Gasteiger partial charge in [0.1, 0.15) is 22.7 Å². The van der Waals surface area contributed by atoms with Crippen LogP contribution in [0, 0.1) is 0 Å². The summed E-state index contributed by atoms with van der Waals surface area (Å²) in [4.78, 5) is 20.7. The highest BCUT2D eigenvalue weighted by molar-refractivity contribution is 6.34. The minimum Gasteiger partial charge on any atom is -0.444 e. The molecule has 0 aromatic carbocycles. The van der Waals surface area contributed by atoms with Gasteiger partial charge >= 0.3 is 6.09 Å². The Kier molecular flexibility index (Phi) is 7.48. The summed E-state index contributed by atoms with van der Waals surface area (Å²) in [5, 5.41) is 3.88. The zero-order valence-corrected chi connectivity index (χ0v) is 19.0. The molecule has 29 heavy (non-hydrogen) atoms. The molecule has 2 aromatic rings. The van der Waals surface area contributed by atoms with Crippen LogP contribution in [0.3, 0.4) is 0 Å². The van der Waals surface area contributed by atoms with Crippen molar-refractivity contribution in [2.75, 3.05) is 19.8 Å². The number of alkyl carbamates (subject to hydrolysis) is 1. The van der Waals surface area contributed by atoms with Crippen LogP contribution in [0.15, 0.2) is 12.4 Å². The normalized spacial score (nSPS) is 12.6. The molecular formula is C20H31ClN4O4. The second-order valence-corrected chi connectivity index (χ2v) is 8.57. The lowest BCUT2D eigenvalue weighted by molar-refractivity contribution is -0.145. The Hall–Kier alpha value is -1.90. The summed E-state index contributed by atoms with van der Waals surface area (Å²) in [5.74, 6) is 0. The first-order valence-corrected chi connectivity index (χ1v) is 10.1. The van der Waals surface area contributed by atoms with E-state index in [0.29, 0.717) is 35.9 Å². The van der Waals surface area contributed by atoms with Crippen LogP contribution in [0.5, 0.6) is 0 Å². The number of nitrogens with one attached hydrogen (secondary N) is 1. The number of halogens is 1. The highest BCUT2D eigenvalue weighted by Crippen LogP contribution is 2.34. The monoisotopic (exact) mass is 426 g/mol. The maximum Gasteiger partial charge on any atom is 0.407 e. The fourth-order valence-electron chi connectivity index (χ4n) is 3.02. The second kappa shape index (κ2) is 9.28. The zero-order valence-electron chi connectivity index (χ0n) is 18.2. The van der Waals surface area contributed by atoms with E-state index in [0.717, 1.165) is 5.69 Å². The predicted octanol–water partition coefficient (Wildman–Crippen LogP) is 4.42. The highest BCUT2D eigenvalue weighted by atomic mass is 35.5. The number of hydrogen-bond donors (Lipinski definition) is 1. The molecule has 0 unspecified atom stereocenters. The molecule has 1 amide bonds. The van der Waals surface area contributed by atoms with Gasteiger partial charge in [0.05, 0.1) is 16.6 Å². The van der Waals surface area contributed by atoms with Crippen molar-refractivity contribution in [3.05, 3.63) is 23.2 Å². The third-order valence-electron chi connectivity index (χ3n) is 4.12. The fraction of sp³-hybridized carbons (Fsp3) is 0.650. The van der Waals surface area contributed by atoms with Crippen molar-refractivity contribution in [2.24, 2.45) is 0 Å². The summed E-state index contributed by atoms with van der Waals surface area (Å²) in [5.41, 5.74) is 0.232. The van der Waals surface area contributed by atoms with Crippen LogP contribution >= 0.6 is 11.6 Å². The molecule has 0 saturated carbocycles. The van der Waals surface area contributed by atoms with Gasteiger partial charge in [-0.15, -0.1) is 0 Å². The molecule has 0 fully saturated rings. The molecule has 0 atom stereocenters. The Bertz CT molecular complexity index is 839. The van der Waals surface area contributed by atoms with Gasteiger partial charge in [-0.3, -0.25) is 0 Å². The molecule has 0 saturated heterocycles. The fourth-order valence-corrected chi connectivity index (χ4v) is 3.20. The largest absolute Gasteiger partial charge is 0.444 e. The third kappa shape index (κ3) is 5.81. The van der Waals surface area contributed by atoms with Crippen LogP contribution < -0.4 is 5.32 Å². The Morgan fingerprint density at radius 3 is 2.34 bits per heavy atom. The van der Waals surface area contributed by atoms with E-state index >= 15 is 0 Å². The molecule has 1 N–H and O–H groups in total. The molecule has 2 aromatic heterocycles. The van der Waals surface area contributed by atoms with Crippen molar-refractivity contribution in [2.45, 2.75) is 65.9 Å². The molecule has 0 aliphatic heterocycles. The van der Waals surface area contributed by atoms with Gasteiger partial charge in [-0.2, -0.15) is 0 Å². The molecule has 0 aliphatic carbocycles. The van der Waals surface area contributed by atoms with Crippen LogP contribution in [0.25, 0.3) is 11.0 Å². The van der Waals surface area contributed by atoms with E-state index < -0.39 is 23.5 Å². The molecule has 0 aliphatic rings. The number of nitrogens with zero attached hydrogens (tertiary/aromatic N) is 3. The van der Waals surface area contributed by atoms with Crippen LogP contribution in [0.1, 0.15) is 60.5 Å². The highest BCUT2D eigenvalue weighted by Gasteiger charge is 2.31. The molecule has 2 heterocycles. The van der Waals surface area contributed by atoms with E-state index in [1.54, 1.807) is 0 Å². The zero-order chi connectivity index (χ0) is 21.8. The molecule has 0 bridgehead atoms. The molecule has 2 rings (SSSR count). The number of fused-ring (bicyclic) bond motifs is 1. The van der Waals surface area contributed by atoms with Gasteiger partial charge in [0.25, 0.3) is 0 Å². The summed E-state index contributed by atoms with van der Waals surface area (Å²) in [6.45, 7) is 14.5. The van der Waals surface area contributed by atoms with E-state index in [4.69, 9.17) is 25.8 Å². The Balaban J connectivity index is 2.46. The van der Waals surface area contributed by atoms with Gasteiger partial charge in [-0.1, -0.05) is 11.6 Å². The summed E-state index contributed by atoms with van der Waals surface area (Å²) in [7, 11) is 0. The van der Waals surface area contributed by atoms with Gasteiger partial charge in [-0.25, -0.2) is 14.8 Å². The van der Waals surface area contributed by atoms with Gasteiger partial charge in [0, 0.05) is 19.8 Å². The van der Waals surface area contributed by atoms with Crippen LogP contribution in [0.2, 0.25) is 5.15 Å². The van der Waals surface area contributed by atoms with Crippen molar-refractivity contribution in [3.8, 4) is 0 Å². The Morgan fingerprint density at radius 2 is 1.79 bits per heavy atom. The number of aromatic nitrogens is 3.